The van der Waals surface area contributed by atoms with Gasteiger partial charge in [0.25, 0.3) is 0 Å². The van der Waals surface area contributed by atoms with E-state index in [9.17, 15) is 14.7 Å². The topological polar surface area (TPSA) is 76.6 Å². The van der Waals surface area contributed by atoms with Gasteiger partial charge < -0.3 is 19.9 Å². The van der Waals surface area contributed by atoms with Crippen LogP contribution in [0.25, 0.3) is 0 Å². The summed E-state index contributed by atoms with van der Waals surface area (Å²) in [7, 11) is 3.45. The zero-order chi connectivity index (χ0) is 23.4. The SMILES string of the molecule is CCC(C)Cc1ccc(C(=O)O)cc1N(CC(=O)N(C)C)Cc1cc[nH]c1.CCCC. The molecule has 6 heteroatoms. The Hall–Kier alpha value is -2.76. The van der Waals surface area contributed by atoms with Crippen molar-refractivity contribution in [3.05, 3.63) is 53.3 Å². The Morgan fingerprint density at radius 3 is 2.26 bits per heavy atom. The molecule has 0 radical (unpaired) electrons. The fourth-order valence-electron chi connectivity index (χ4n) is 2.89. The number of hydrogen-bond acceptors (Lipinski definition) is 3. The summed E-state index contributed by atoms with van der Waals surface area (Å²) in [5.74, 6) is -0.522. The number of aromatic carboxylic acids is 1. The number of amides is 1. The number of unbranched alkanes of at least 4 members (excludes halogenated alkanes) is 1. The average Bonchev–Trinajstić information content (AvgIpc) is 3.26. The molecule has 6 nitrogen and oxygen atoms in total. The minimum Gasteiger partial charge on any atom is -0.478 e. The molecule has 1 aromatic heterocycles. The number of H-pyrrole nitrogens is 1. The zero-order valence-corrected chi connectivity index (χ0v) is 19.9. The van der Waals surface area contributed by atoms with E-state index in [0.29, 0.717) is 12.5 Å². The van der Waals surface area contributed by atoms with E-state index in [1.807, 2.05) is 29.4 Å². The zero-order valence-electron chi connectivity index (χ0n) is 19.9. The van der Waals surface area contributed by atoms with Crippen molar-refractivity contribution in [2.75, 3.05) is 25.5 Å². The van der Waals surface area contributed by atoms with Crippen molar-refractivity contribution >= 4 is 17.6 Å². The number of anilines is 1. The molecule has 0 bridgehead atoms. The summed E-state index contributed by atoms with van der Waals surface area (Å²) < 4.78 is 0. The number of carbonyl (C=O) groups is 2. The molecule has 2 rings (SSSR count). The van der Waals surface area contributed by atoms with Crippen LogP contribution in [0.1, 0.15) is 68.4 Å². The normalized spacial score (nSPS) is 11.3. The lowest BCUT2D eigenvalue weighted by Gasteiger charge is -2.28. The highest BCUT2D eigenvalue weighted by Crippen LogP contribution is 2.27. The lowest BCUT2D eigenvalue weighted by atomic mass is 9.95. The number of rotatable bonds is 10. The maximum atomic E-state index is 12.4. The highest BCUT2D eigenvalue weighted by molar-refractivity contribution is 5.90. The third kappa shape index (κ3) is 8.87. The van der Waals surface area contributed by atoms with Gasteiger partial charge in [-0.2, -0.15) is 0 Å². The first kappa shape index (κ1) is 26.3. The largest absolute Gasteiger partial charge is 0.478 e. The van der Waals surface area contributed by atoms with Gasteiger partial charge in [-0.05, 0) is 41.7 Å². The number of carbonyl (C=O) groups excluding carboxylic acids is 1. The Balaban J connectivity index is 0.00000110. The van der Waals surface area contributed by atoms with Crippen molar-refractivity contribution < 1.29 is 14.7 Å². The summed E-state index contributed by atoms with van der Waals surface area (Å²) in [5.41, 5.74) is 3.15. The Bertz CT molecular complexity index is 798. The van der Waals surface area contributed by atoms with Gasteiger partial charge in [-0.3, -0.25) is 4.79 Å². The van der Waals surface area contributed by atoms with E-state index in [0.717, 1.165) is 29.7 Å². The first-order chi connectivity index (χ1) is 14.7. The summed E-state index contributed by atoms with van der Waals surface area (Å²) in [6, 6.07) is 7.18. The first-order valence-corrected chi connectivity index (χ1v) is 11.2. The monoisotopic (exact) mass is 429 g/mol. The molecule has 0 saturated carbocycles. The van der Waals surface area contributed by atoms with Crippen molar-refractivity contribution in [2.24, 2.45) is 5.92 Å². The van der Waals surface area contributed by atoms with Gasteiger partial charge in [-0.15, -0.1) is 0 Å². The third-order valence-corrected chi connectivity index (χ3v) is 5.30. The summed E-state index contributed by atoms with van der Waals surface area (Å²) in [6.07, 6.45) is 8.25. The van der Waals surface area contributed by atoms with Crippen LogP contribution >= 0.6 is 0 Å². The molecule has 31 heavy (non-hydrogen) atoms. The smallest absolute Gasteiger partial charge is 0.335 e. The number of carboxylic acid groups (broad SMARTS) is 1. The summed E-state index contributed by atoms with van der Waals surface area (Å²) in [6.45, 7) is 9.40. The summed E-state index contributed by atoms with van der Waals surface area (Å²) in [5, 5.41) is 9.44. The number of carboxylic acids is 1. The first-order valence-electron chi connectivity index (χ1n) is 11.2. The third-order valence-electron chi connectivity index (χ3n) is 5.30. The Morgan fingerprint density at radius 1 is 1.10 bits per heavy atom. The van der Waals surface area contributed by atoms with Gasteiger partial charge in [0.15, 0.2) is 0 Å². The number of aromatic amines is 1. The molecule has 0 aliphatic rings. The summed E-state index contributed by atoms with van der Waals surface area (Å²) >= 11 is 0. The van der Waals surface area contributed by atoms with Crippen LogP contribution in [0.4, 0.5) is 5.69 Å². The van der Waals surface area contributed by atoms with E-state index in [4.69, 9.17) is 0 Å². The highest BCUT2D eigenvalue weighted by Gasteiger charge is 2.19. The van der Waals surface area contributed by atoms with E-state index in [1.165, 1.54) is 12.8 Å². The van der Waals surface area contributed by atoms with Crippen LogP contribution in [-0.2, 0) is 17.8 Å². The molecule has 0 aliphatic heterocycles. The van der Waals surface area contributed by atoms with Crippen molar-refractivity contribution in [1.29, 1.82) is 0 Å². The van der Waals surface area contributed by atoms with E-state index in [-0.39, 0.29) is 18.0 Å². The fourth-order valence-corrected chi connectivity index (χ4v) is 2.89. The van der Waals surface area contributed by atoms with Gasteiger partial charge in [-0.1, -0.05) is 53.0 Å². The minimum absolute atomic E-state index is 0.0271. The van der Waals surface area contributed by atoms with Gasteiger partial charge in [0.1, 0.15) is 0 Å². The maximum absolute atomic E-state index is 12.4. The molecule has 2 aromatic rings. The van der Waals surface area contributed by atoms with Gasteiger partial charge >= 0.3 is 5.97 Å². The van der Waals surface area contributed by atoms with Crippen molar-refractivity contribution in [3.8, 4) is 0 Å². The van der Waals surface area contributed by atoms with Crippen molar-refractivity contribution in [3.63, 3.8) is 0 Å². The van der Waals surface area contributed by atoms with Crippen molar-refractivity contribution in [2.45, 2.75) is 59.9 Å². The quantitative estimate of drug-likeness (QED) is 0.544. The molecule has 0 aliphatic carbocycles. The van der Waals surface area contributed by atoms with Crippen LogP contribution in [0.3, 0.4) is 0 Å². The number of likely N-dealkylation sites (N-methyl/N-ethyl adjacent to an activating group) is 1. The van der Waals surface area contributed by atoms with E-state index >= 15 is 0 Å². The second kappa shape index (κ2) is 13.5. The van der Waals surface area contributed by atoms with Gasteiger partial charge in [0.05, 0.1) is 12.1 Å². The van der Waals surface area contributed by atoms with E-state index in [1.54, 1.807) is 31.1 Å². The number of benzene rings is 1. The molecule has 1 heterocycles. The van der Waals surface area contributed by atoms with Crippen LogP contribution < -0.4 is 4.90 Å². The lowest BCUT2D eigenvalue weighted by Crippen LogP contribution is -2.37. The molecular weight excluding hydrogens is 390 g/mol. The highest BCUT2D eigenvalue weighted by atomic mass is 16.4. The number of nitrogens with one attached hydrogen (secondary N) is 1. The van der Waals surface area contributed by atoms with Gasteiger partial charge in [0.2, 0.25) is 5.91 Å². The molecule has 172 valence electrons. The Labute approximate surface area is 187 Å². The van der Waals surface area contributed by atoms with Crippen LogP contribution in [0.2, 0.25) is 0 Å². The molecule has 2 N–H and O–H groups in total. The predicted octanol–water partition coefficient (Wildman–Crippen LogP) is 5.20. The fraction of sp³-hybridized carbons (Fsp3) is 0.520. The molecular formula is C25H39N3O3. The number of hydrogen-bond donors (Lipinski definition) is 2. The molecule has 1 aromatic carbocycles. The van der Waals surface area contributed by atoms with Crippen LogP contribution in [0, 0.1) is 5.92 Å². The van der Waals surface area contributed by atoms with E-state index < -0.39 is 5.97 Å². The van der Waals surface area contributed by atoms with Crippen LogP contribution in [-0.4, -0.2) is 47.5 Å². The Morgan fingerprint density at radius 2 is 1.77 bits per heavy atom. The molecule has 1 unspecified atom stereocenters. The van der Waals surface area contributed by atoms with Gasteiger partial charge in [-0.25, -0.2) is 4.79 Å². The second-order valence-corrected chi connectivity index (χ2v) is 8.23. The summed E-state index contributed by atoms with van der Waals surface area (Å²) in [4.78, 5) is 30.5. The number of aromatic nitrogens is 1. The van der Waals surface area contributed by atoms with Crippen LogP contribution in [0.15, 0.2) is 36.7 Å². The predicted molar refractivity (Wildman–Crippen MR) is 128 cm³/mol. The maximum Gasteiger partial charge on any atom is 0.335 e. The lowest BCUT2D eigenvalue weighted by molar-refractivity contribution is -0.127. The second-order valence-electron chi connectivity index (χ2n) is 8.23. The molecule has 1 atom stereocenters. The standard InChI is InChI=1S/C21H29N3O3.C4H10/c1-5-15(2)10-17-6-7-18(21(26)27)11-19(17)24(14-20(25)23(3)4)13-16-8-9-22-12-16;1-3-4-2/h6-9,11-12,15,22H,5,10,13-14H2,1-4H3,(H,26,27);3-4H2,1-2H3. The minimum atomic E-state index is -0.966. The molecule has 0 spiro atoms. The molecule has 0 saturated heterocycles. The molecule has 1 amide bonds. The van der Waals surface area contributed by atoms with Gasteiger partial charge in [0, 0.05) is 38.7 Å². The van der Waals surface area contributed by atoms with Crippen LogP contribution in [0.5, 0.6) is 0 Å². The van der Waals surface area contributed by atoms with E-state index in [2.05, 4.69) is 32.7 Å². The average molecular weight is 430 g/mol. The Kier molecular flexibility index (Phi) is 11.5. The van der Waals surface area contributed by atoms with Crippen molar-refractivity contribution in [1.82, 2.24) is 9.88 Å². The molecule has 0 fully saturated rings. The number of nitrogens with zero attached hydrogens (tertiary/aromatic N) is 2.